The Morgan fingerprint density at radius 1 is 1.25 bits per heavy atom. The number of hydrogen-bond acceptors (Lipinski definition) is 0. The first-order chi connectivity index (χ1) is 5.67. The molecule has 0 fully saturated rings. The zero-order valence-electron chi connectivity index (χ0n) is 7.66. The second-order valence-corrected chi connectivity index (χ2v) is 11.4. The predicted octanol–water partition coefficient (Wildman–Crippen LogP) is 2.45. The summed E-state index contributed by atoms with van der Waals surface area (Å²) in [7, 11) is 0. The average Bonchev–Trinajstić information content (AvgIpc) is 2.06. The molecule has 0 aliphatic carbocycles. The molecule has 0 aliphatic heterocycles. The van der Waals surface area contributed by atoms with Crippen molar-refractivity contribution in [1.82, 2.24) is 0 Å². The maximum atomic E-state index is 3.38. The Bertz CT molecular complexity index is 279. The zero-order chi connectivity index (χ0) is 9.03. The molecule has 66 valence electrons. The third-order valence-corrected chi connectivity index (χ3v) is 7.12. The zero-order valence-corrected chi connectivity index (χ0v) is 10.3. The van der Waals surface area contributed by atoms with E-state index in [1.807, 2.05) is 0 Å². The van der Waals surface area contributed by atoms with Crippen LogP contribution in [0.3, 0.4) is 0 Å². The molecule has 0 spiro atoms. The summed E-state index contributed by atoms with van der Waals surface area (Å²) < 4.78 is 0. The molecule has 0 heterocycles. The Kier molecular flexibility index (Phi) is 3.77. The van der Waals surface area contributed by atoms with Crippen molar-refractivity contribution in [2.75, 3.05) is 12.8 Å². The summed E-state index contributed by atoms with van der Waals surface area (Å²) in [6, 6.07) is 10.8. The Labute approximate surface area is 82.6 Å². The summed E-state index contributed by atoms with van der Waals surface area (Å²) in [5.74, 6) is 0. The van der Waals surface area contributed by atoms with E-state index in [0.717, 1.165) is 0 Å². The monoisotopic (exact) mass is 246 g/mol. The first-order valence-corrected chi connectivity index (χ1v) is 8.92. The third kappa shape index (κ3) is 2.59. The van der Waals surface area contributed by atoms with E-state index >= 15 is 0 Å². The van der Waals surface area contributed by atoms with Gasteiger partial charge in [-0.05, 0) is 0 Å². The summed E-state index contributed by atoms with van der Waals surface area (Å²) in [5, 5.41) is 1.51. The van der Waals surface area contributed by atoms with Crippen molar-refractivity contribution >= 4 is 25.9 Å². The summed E-state index contributed by atoms with van der Waals surface area (Å²) in [4.78, 5) is 0. The molecule has 0 radical (unpaired) electrons. The molecule has 1 atom stereocenters. The first-order valence-electron chi connectivity index (χ1n) is 4.29. The van der Waals surface area contributed by atoms with E-state index in [0.29, 0.717) is 0 Å². The van der Waals surface area contributed by atoms with Crippen molar-refractivity contribution in [3.63, 3.8) is 0 Å². The van der Waals surface area contributed by atoms with Crippen LogP contribution < -0.4 is 5.30 Å². The van der Waals surface area contributed by atoms with E-state index in [1.165, 1.54) is 17.9 Å². The number of benzene rings is 1. The van der Waals surface area contributed by atoms with Crippen molar-refractivity contribution in [1.29, 1.82) is 0 Å². The van der Waals surface area contributed by atoms with E-state index in [-0.39, 0.29) is 0 Å². The van der Waals surface area contributed by atoms with Crippen LogP contribution in [0.1, 0.15) is 13.3 Å². The molecule has 0 nitrogen and oxygen atoms in total. The van der Waals surface area contributed by atoms with Crippen LogP contribution in [-0.2, 0) is 0 Å². The predicted molar refractivity (Wildman–Crippen MR) is 59.8 cm³/mol. The van der Waals surface area contributed by atoms with Crippen LogP contribution in [0.15, 0.2) is 30.3 Å². The average molecular weight is 245 g/mol. The van der Waals surface area contributed by atoms with Crippen LogP contribution >= 0.6 is 5.51 Å². The van der Waals surface area contributed by atoms with Crippen molar-refractivity contribution in [2.24, 2.45) is 0 Å². The SMILES string of the molecule is CCCP(C)(=[Se])c1ccccc1. The van der Waals surface area contributed by atoms with E-state index in [4.69, 9.17) is 0 Å². The van der Waals surface area contributed by atoms with Gasteiger partial charge in [-0.1, -0.05) is 0 Å². The quantitative estimate of drug-likeness (QED) is 0.566. The molecule has 2 heteroatoms. The Morgan fingerprint density at radius 2 is 1.83 bits per heavy atom. The van der Waals surface area contributed by atoms with E-state index in [1.54, 1.807) is 0 Å². The molecule has 0 bridgehead atoms. The van der Waals surface area contributed by atoms with Gasteiger partial charge in [0.2, 0.25) is 0 Å². The van der Waals surface area contributed by atoms with Crippen LogP contribution in [0.25, 0.3) is 0 Å². The van der Waals surface area contributed by atoms with Gasteiger partial charge < -0.3 is 0 Å². The second kappa shape index (κ2) is 4.42. The van der Waals surface area contributed by atoms with Gasteiger partial charge in [-0.2, -0.15) is 0 Å². The van der Waals surface area contributed by atoms with Crippen molar-refractivity contribution in [3.8, 4) is 0 Å². The number of hydrogen-bond donors (Lipinski definition) is 0. The van der Waals surface area contributed by atoms with Crippen LogP contribution in [0.5, 0.6) is 0 Å². The van der Waals surface area contributed by atoms with Crippen molar-refractivity contribution in [3.05, 3.63) is 30.3 Å². The normalized spacial score (nSPS) is 15.5. The van der Waals surface area contributed by atoms with Gasteiger partial charge in [0.25, 0.3) is 0 Å². The van der Waals surface area contributed by atoms with Crippen LogP contribution in [0.4, 0.5) is 0 Å². The Morgan fingerprint density at radius 3 is 2.33 bits per heavy atom. The molecule has 1 aromatic carbocycles. The van der Waals surface area contributed by atoms with Gasteiger partial charge >= 0.3 is 82.4 Å². The van der Waals surface area contributed by atoms with Crippen molar-refractivity contribution in [2.45, 2.75) is 13.3 Å². The van der Waals surface area contributed by atoms with Crippen LogP contribution in [0.2, 0.25) is 0 Å². The summed E-state index contributed by atoms with van der Waals surface area (Å²) in [6.07, 6.45) is 2.59. The molecule has 0 aromatic heterocycles. The molecule has 0 saturated carbocycles. The molecule has 12 heavy (non-hydrogen) atoms. The number of rotatable bonds is 3. The van der Waals surface area contributed by atoms with Gasteiger partial charge in [0.15, 0.2) is 0 Å². The molecular weight excluding hydrogens is 230 g/mol. The first kappa shape index (κ1) is 10.3. The minimum atomic E-state index is -0.920. The fraction of sp³-hybridized carbons (Fsp3) is 0.400. The molecular formula is C10H15PSe. The second-order valence-electron chi connectivity index (χ2n) is 3.16. The molecule has 1 rings (SSSR count). The third-order valence-electron chi connectivity index (χ3n) is 1.95. The van der Waals surface area contributed by atoms with Crippen LogP contribution in [-0.4, -0.2) is 27.9 Å². The van der Waals surface area contributed by atoms with Gasteiger partial charge in [0.1, 0.15) is 0 Å². The Hall–Kier alpha value is 0.169. The fourth-order valence-corrected chi connectivity index (χ4v) is 5.13. The standard InChI is InChI=1S/C10H15PSe/c1-3-9-11(2,12)10-7-5-4-6-8-10/h4-8H,3,9H2,1-2H3. The molecule has 1 unspecified atom stereocenters. The van der Waals surface area contributed by atoms with E-state index < -0.39 is 5.51 Å². The van der Waals surface area contributed by atoms with Gasteiger partial charge in [-0.3, -0.25) is 0 Å². The van der Waals surface area contributed by atoms with Gasteiger partial charge in [0.05, 0.1) is 0 Å². The maximum absolute atomic E-state index is 3.38. The van der Waals surface area contributed by atoms with Crippen molar-refractivity contribution < 1.29 is 0 Å². The molecule has 0 N–H and O–H groups in total. The van der Waals surface area contributed by atoms with Gasteiger partial charge in [-0.15, -0.1) is 0 Å². The summed E-state index contributed by atoms with van der Waals surface area (Å²) >= 11 is 3.38. The van der Waals surface area contributed by atoms with Gasteiger partial charge in [0, 0.05) is 0 Å². The van der Waals surface area contributed by atoms with Crippen LogP contribution in [0, 0.1) is 0 Å². The molecule has 0 aliphatic rings. The molecule has 0 amide bonds. The summed E-state index contributed by atoms with van der Waals surface area (Å²) in [5.41, 5.74) is -0.920. The van der Waals surface area contributed by atoms with E-state index in [9.17, 15) is 0 Å². The van der Waals surface area contributed by atoms with Gasteiger partial charge in [-0.25, -0.2) is 0 Å². The topological polar surface area (TPSA) is 0 Å². The van der Waals surface area contributed by atoms with E-state index in [2.05, 4.69) is 59.0 Å². The minimum absolute atomic E-state index is 0.920. The fourth-order valence-electron chi connectivity index (χ4n) is 1.30. The Balaban J connectivity index is 2.90. The summed E-state index contributed by atoms with van der Waals surface area (Å²) in [6.45, 7) is 4.62. The molecule has 1 aromatic rings. The molecule has 0 saturated heterocycles.